The van der Waals surface area contributed by atoms with Crippen LogP contribution < -0.4 is 14.8 Å². The fourth-order valence-corrected chi connectivity index (χ4v) is 25.0. The maximum atomic E-state index is 17.7. The molecule has 16 rings (SSSR count). The van der Waals surface area contributed by atoms with Crippen molar-refractivity contribution in [2.75, 3.05) is 26.0 Å². The van der Waals surface area contributed by atoms with Crippen molar-refractivity contribution in [3.05, 3.63) is 190 Å². The van der Waals surface area contributed by atoms with E-state index >= 15 is 4.79 Å². The van der Waals surface area contributed by atoms with Crippen molar-refractivity contribution < 1.29 is 54.1 Å². The number of carbonyl (C=O) groups is 2. The summed E-state index contributed by atoms with van der Waals surface area (Å²) in [6.07, 6.45) is 6.28. The second kappa shape index (κ2) is 25.6. The lowest BCUT2D eigenvalue weighted by atomic mass is 9.40. The first-order valence-corrected chi connectivity index (χ1v) is 38.6. The average molecular weight is 1350 g/mol. The molecule has 7 aromatic rings. The molecule has 9 aliphatic rings. The van der Waals surface area contributed by atoms with Gasteiger partial charge in [-0.2, -0.15) is 0 Å². The van der Waals surface area contributed by atoms with E-state index in [9.17, 15) is 30.3 Å². The summed E-state index contributed by atoms with van der Waals surface area (Å²) in [6, 6.07) is 44.9. The molecule has 490 valence electrons. The van der Waals surface area contributed by atoms with Gasteiger partial charge < -0.3 is 49.8 Å². The maximum absolute atomic E-state index is 17.7. The number of allylic oxidation sites excluding steroid dienone is 1. The van der Waals surface area contributed by atoms with Crippen molar-refractivity contribution >= 4 is 72.0 Å². The molecule has 95 heavy (non-hydrogen) atoms. The number of aromatic hydroxyl groups is 3. The summed E-state index contributed by atoms with van der Waals surface area (Å²) in [5.74, 6) is 6.54. The highest BCUT2D eigenvalue weighted by atomic mass is 33.1. The van der Waals surface area contributed by atoms with Crippen molar-refractivity contribution in [1.82, 2.24) is 5.32 Å². The lowest BCUT2D eigenvalue weighted by Crippen LogP contribution is -2.62. The molecule has 3 heterocycles. The summed E-state index contributed by atoms with van der Waals surface area (Å²) in [5.41, 5.74) is 7.71. The number of esters is 2. The third-order valence-corrected chi connectivity index (χ3v) is 28.7. The molecule has 16 heteroatoms. The summed E-state index contributed by atoms with van der Waals surface area (Å²) in [5, 5.41) is 66.4. The molecule has 6 N–H and O–H groups in total. The highest BCUT2D eigenvalue weighted by molar-refractivity contribution is 8.77. The van der Waals surface area contributed by atoms with Gasteiger partial charge in [0.2, 0.25) is 0 Å². The topological polar surface area (TPSA) is 184 Å². The van der Waals surface area contributed by atoms with Gasteiger partial charge in [0.05, 0.1) is 18.6 Å². The minimum atomic E-state index is -1.30. The van der Waals surface area contributed by atoms with E-state index in [1.807, 2.05) is 64.1 Å². The number of carbonyl (C=O) groups excluding carboxylic acids is 2. The van der Waals surface area contributed by atoms with Gasteiger partial charge in [0.15, 0.2) is 23.0 Å². The third-order valence-electron chi connectivity index (χ3n) is 23.3. The first-order chi connectivity index (χ1) is 46.2. The molecule has 3 aliphatic heterocycles. The maximum Gasteiger partial charge on any atom is 0.317 e. The fraction of sp³-hybridized carbons (Fsp3) is 0.418. The number of ether oxygens (including phenoxy) is 4. The van der Waals surface area contributed by atoms with E-state index in [0.717, 1.165) is 79.4 Å². The Morgan fingerprint density at radius 1 is 0.779 bits per heavy atom. The number of rotatable bonds is 4. The number of aliphatic hydroxyl groups excluding tert-OH is 2. The lowest BCUT2D eigenvalue weighted by Gasteiger charge is -2.64. The van der Waals surface area contributed by atoms with E-state index < -0.39 is 70.1 Å². The van der Waals surface area contributed by atoms with Crippen LogP contribution in [0.3, 0.4) is 0 Å². The van der Waals surface area contributed by atoms with Gasteiger partial charge >= 0.3 is 11.9 Å². The SMILES string of the molecule is COc1cc2c(cc1O)[C@H]1C[C@@H](O)[C@H]3Cc4cc(O)c5cc4[C@@H]4C[C@@H](C[C@@H](OC(C)=O)[C@@H](C2)[C@@]1(/C=C/c1ccccc1)[C@@H]34)OC(=O)[C@]12C[C@@H](CSS[C@H](O)CO5)[C@@H]3[C@H]4C#C[C@@H](CNCc5cccc(c5)-c5cc(O)cc6ccc1cc56)Cc1ccccc1CSS[C@@H]3CC[C@H]42. The molecule has 0 unspecified atom stereocenters. The Morgan fingerprint density at radius 2 is 1.62 bits per heavy atom. The van der Waals surface area contributed by atoms with Crippen LogP contribution in [0, 0.1) is 64.6 Å². The van der Waals surface area contributed by atoms with Crippen LogP contribution in [0.15, 0.2) is 140 Å². The number of phenols is 3. The van der Waals surface area contributed by atoms with E-state index in [4.69, 9.17) is 18.9 Å². The standard InChI is InChI=1S/C79H79NO11S4/c1-43(81)90-70-33-56-32-62-60-35-72(68(84)28-51(60)26-63-67(83)36-65-61-34-69(85)71(88-2)29-52(61)27-66(70)78(65,76(62)63)22-21-44-9-4-3-5-10-44)89-40-74(86)95-93-42-53-37-79(77(87)91-56)54-17-16-49-25-55(82)31-59(58(49)30-54)48-14-8-11-45(24-48)38-80-39-46-15-18-57-64(79)19-20-73(75(53)57)94-92-41-50-13-7-6-12-47(50)23-46/h3-14,16-17,21-22,24-25,28-31,34-35,46,53,56-57,62-67,70,73-76,80,82-86H,19-20,23,26-27,32-33,36-42H2,1-2H3/b22-21+/t46-,53+,56+,57+,62+,63-,64-,65-,66-,67-,70-,73-,74+,75-,76-,78+,79-/m1/s1. The van der Waals surface area contributed by atoms with Crippen LogP contribution in [0.25, 0.3) is 28.0 Å². The average Bonchev–Trinajstić information content (AvgIpc) is 0.712. The molecule has 0 saturated heterocycles. The highest BCUT2D eigenvalue weighted by Gasteiger charge is 2.67. The molecule has 4 saturated carbocycles. The second-order valence-corrected chi connectivity index (χ2v) is 33.5. The smallest absolute Gasteiger partial charge is 0.317 e. The van der Waals surface area contributed by atoms with Crippen molar-refractivity contribution in [2.45, 2.75) is 123 Å². The van der Waals surface area contributed by atoms with E-state index in [-0.39, 0.29) is 83.3 Å². The lowest BCUT2D eigenvalue weighted by molar-refractivity contribution is -0.182. The van der Waals surface area contributed by atoms with Gasteiger partial charge in [-0.15, -0.1) is 0 Å². The second-order valence-electron chi connectivity index (χ2n) is 28.3. The number of hydrogen-bond donors (Lipinski definition) is 6. The Kier molecular flexibility index (Phi) is 17.0. The van der Waals surface area contributed by atoms with Crippen molar-refractivity contribution in [2.24, 2.45) is 52.8 Å². The zero-order chi connectivity index (χ0) is 64.9. The van der Waals surface area contributed by atoms with E-state index in [1.165, 1.54) is 36.0 Å². The molecule has 1 spiro atoms. The number of aliphatic hydroxyl groups is 2. The Balaban J connectivity index is 0.932. The Morgan fingerprint density at radius 3 is 2.47 bits per heavy atom. The van der Waals surface area contributed by atoms with Crippen LogP contribution in [0.5, 0.6) is 28.7 Å². The largest absolute Gasteiger partial charge is 0.508 e. The normalized spacial score (nSPS) is 33.0. The summed E-state index contributed by atoms with van der Waals surface area (Å²) in [7, 11) is 8.36. The summed E-state index contributed by atoms with van der Waals surface area (Å²) >= 11 is 0. The van der Waals surface area contributed by atoms with Crippen LogP contribution in [-0.4, -0.2) is 92.5 Å². The van der Waals surface area contributed by atoms with Crippen LogP contribution in [0.2, 0.25) is 0 Å². The zero-order valence-corrected chi connectivity index (χ0v) is 56.5. The van der Waals surface area contributed by atoms with Crippen molar-refractivity contribution in [3.63, 3.8) is 0 Å². The van der Waals surface area contributed by atoms with Gasteiger partial charge in [-0.25, -0.2) is 0 Å². The first-order valence-electron chi connectivity index (χ1n) is 33.8. The number of fused-ring (bicyclic) bond motifs is 11. The molecule has 17 atom stereocenters. The summed E-state index contributed by atoms with van der Waals surface area (Å²) < 4.78 is 27.0. The zero-order valence-electron chi connectivity index (χ0n) is 53.2. The minimum absolute atomic E-state index is 0.00569. The molecule has 4 fully saturated rings. The van der Waals surface area contributed by atoms with Crippen LogP contribution in [0.4, 0.5) is 0 Å². The number of hydrogen-bond acceptors (Lipinski definition) is 16. The molecule has 12 nitrogen and oxygen atoms in total. The third kappa shape index (κ3) is 11.3. The molecule has 0 amide bonds. The predicted octanol–water partition coefficient (Wildman–Crippen LogP) is 14.5. The Bertz CT molecular complexity index is 4250. The summed E-state index contributed by atoms with van der Waals surface area (Å²) in [4.78, 5) is 31.9. The Hall–Kier alpha value is -6.68. The first kappa shape index (κ1) is 63.1. The van der Waals surface area contributed by atoms with Gasteiger partial charge in [-0.05, 0) is 213 Å². The van der Waals surface area contributed by atoms with E-state index in [1.54, 1.807) is 22.9 Å². The molecule has 0 aromatic heterocycles. The molecule has 6 aliphatic carbocycles. The van der Waals surface area contributed by atoms with Crippen LogP contribution in [-0.2, 0) is 56.0 Å². The predicted molar refractivity (Wildman–Crippen MR) is 377 cm³/mol. The number of methoxy groups -OCH3 is 1. The number of nitrogens with one attached hydrogen (secondary N) is 1. The number of phenolic OH excluding ortho intramolecular Hbond substituents is 3. The van der Waals surface area contributed by atoms with Gasteiger partial charge in [0.1, 0.15) is 30.0 Å². The monoisotopic (exact) mass is 1350 g/mol. The van der Waals surface area contributed by atoms with Crippen molar-refractivity contribution in [3.8, 4) is 51.7 Å². The van der Waals surface area contributed by atoms with Crippen LogP contribution in [0.1, 0.15) is 107 Å². The molecule has 7 aromatic carbocycles. The molecule has 15 bridgehead atoms. The summed E-state index contributed by atoms with van der Waals surface area (Å²) in [6.45, 7) is 2.61. The molecular formula is C79H79NO11S4. The van der Waals surface area contributed by atoms with Gasteiger partial charge in [0, 0.05) is 66.4 Å². The van der Waals surface area contributed by atoms with E-state index in [0.29, 0.717) is 56.7 Å². The quantitative estimate of drug-likeness (QED) is 0.0555. The van der Waals surface area contributed by atoms with Gasteiger partial charge in [-0.1, -0.05) is 152 Å². The fourth-order valence-electron chi connectivity index (χ4n) is 19.5. The minimum Gasteiger partial charge on any atom is -0.508 e. The highest BCUT2D eigenvalue weighted by Crippen LogP contribution is 2.70. The van der Waals surface area contributed by atoms with Gasteiger partial charge in [-0.3, -0.25) is 9.59 Å². The van der Waals surface area contributed by atoms with Crippen LogP contribution >= 0.6 is 43.2 Å². The molecular weight excluding hydrogens is 1270 g/mol. The van der Waals surface area contributed by atoms with Crippen molar-refractivity contribution in [1.29, 1.82) is 0 Å². The van der Waals surface area contributed by atoms with Gasteiger partial charge in [0.25, 0.3) is 0 Å². The molecule has 0 radical (unpaired) electrons. The van der Waals surface area contributed by atoms with E-state index in [2.05, 4.69) is 108 Å². The Labute approximate surface area is 570 Å². The number of benzene rings is 7.